The molecule has 0 bridgehead atoms. The molecule has 2 amide bonds. The molecule has 0 N–H and O–H groups in total. The summed E-state index contributed by atoms with van der Waals surface area (Å²) in [6, 6.07) is 7.21. The summed E-state index contributed by atoms with van der Waals surface area (Å²) in [5, 5.41) is 3.16. The lowest BCUT2D eigenvalue weighted by Gasteiger charge is -2.38. The van der Waals surface area contributed by atoms with Gasteiger partial charge in [-0.3, -0.25) is 9.59 Å². The highest BCUT2D eigenvalue weighted by atomic mass is 35.5. The molecule has 0 spiro atoms. The van der Waals surface area contributed by atoms with Gasteiger partial charge in [0, 0.05) is 33.9 Å². The molecule has 4 rings (SSSR count). The normalized spacial score (nSPS) is 18.6. The van der Waals surface area contributed by atoms with Crippen LogP contribution >= 0.6 is 34.5 Å². The minimum atomic E-state index is -0.278. The van der Waals surface area contributed by atoms with E-state index in [1.165, 1.54) is 4.88 Å². The first-order valence-electron chi connectivity index (χ1n) is 10.7. The number of rotatable bonds is 6. The zero-order chi connectivity index (χ0) is 22.0. The number of nitrogens with zero attached hydrogens (tertiary/aromatic N) is 2. The molecule has 2 aliphatic rings. The lowest BCUT2D eigenvalue weighted by Crippen LogP contribution is -2.47. The molecule has 0 saturated heterocycles. The first-order chi connectivity index (χ1) is 15.0. The molecular formula is C24H26Cl2N2O2S. The van der Waals surface area contributed by atoms with Crippen LogP contribution in [0.15, 0.2) is 42.3 Å². The van der Waals surface area contributed by atoms with E-state index in [0.29, 0.717) is 23.1 Å². The second-order valence-corrected chi connectivity index (χ2v) is 10.0. The van der Waals surface area contributed by atoms with Crippen LogP contribution < -0.4 is 0 Å². The maximum Gasteiger partial charge on any atom is 0.243 e. The van der Waals surface area contributed by atoms with E-state index >= 15 is 0 Å². The molecule has 1 saturated carbocycles. The molecular weight excluding hydrogens is 451 g/mol. The molecule has 7 heteroatoms. The van der Waals surface area contributed by atoms with Gasteiger partial charge in [-0.05, 0) is 54.0 Å². The van der Waals surface area contributed by atoms with Gasteiger partial charge in [-0.1, -0.05) is 48.2 Å². The second kappa shape index (κ2) is 9.76. The second-order valence-electron chi connectivity index (χ2n) is 8.19. The van der Waals surface area contributed by atoms with E-state index in [-0.39, 0.29) is 30.3 Å². The maximum absolute atomic E-state index is 13.5. The van der Waals surface area contributed by atoms with Crippen LogP contribution in [-0.4, -0.2) is 41.2 Å². The number of fused-ring (bicyclic) bond motifs is 1. The van der Waals surface area contributed by atoms with Gasteiger partial charge in [0.25, 0.3) is 0 Å². The van der Waals surface area contributed by atoms with Crippen LogP contribution in [0.2, 0.25) is 10.0 Å². The molecule has 2 aromatic rings. The van der Waals surface area contributed by atoms with Crippen molar-refractivity contribution in [3.63, 3.8) is 0 Å². The van der Waals surface area contributed by atoms with Crippen molar-refractivity contribution < 1.29 is 9.59 Å². The summed E-state index contributed by atoms with van der Waals surface area (Å²) in [7, 11) is 0. The molecule has 164 valence electrons. The summed E-state index contributed by atoms with van der Waals surface area (Å²) >= 11 is 14.4. The van der Waals surface area contributed by atoms with Crippen molar-refractivity contribution in [2.75, 3.05) is 19.6 Å². The van der Waals surface area contributed by atoms with E-state index in [9.17, 15) is 9.59 Å². The first kappa shape index (κ1) is 22.4. The van der Waals surface area contributed by atoms with Crippen LogP contribution in [0.4, 0.5) is 0 Å². The Bertz CT molecular complexity index is 984. The smallest absolute Gasteiger partial charge is 0.243 e. The number of thiophene rings is 1. The molecule has 4 nitrogen and oxygen atoms in total. The van der Waals surface area contributed by atoms with E-state index in [2.05, 4.69) is 18.0 Å². The van der Waals surface area contributed by atoms with E-state index in [1.807, 2.05) is 11.0 Å². The standard InChI is InChI=1S/C24H26Cl2N2O2S/c1-2-11-27(24(30)16-5-3-4-6-16)15-22(29)28-12-9-21-19(10-13-31-21)23(28)18-8-7-17(25)14-20(18)26/h2,7-8,10,13-14,16,23H,1,3-6,9,11-12,15H2. The monoisotopic (exact) mass is 476 g/mol. The predicted octanol–water partition coefficient (Wildman–Crippen LogP) is 5.73. The Morgan fingerprint density at radius 3 is 2.68 bits per heavy atom. The summed E-state index contributed by atoms with van der Waals surface area (Å²) in [5.74, 6) is 0.0280. The van der Waals surface area contributed by atoms with Gasteiger partial charge in [0.2, 0.25) is 11.8 Å². The zero-order valence-corrected chi connectivity index (χ0v) is 19.7. The molecule has 1 aromatic heterocycles. The number of hydrogen-bond acceptors (Lipinski definition) is 3. The number of halogens is 2. The molecule has 1 aliphatic carbocycles. The highest BCUT2D eigenvalue weighted by Gasteiger charge is 2.36. The minimum absolute atomic E-state index is 0.0269. The predicted molar refractivity (Wildman–Crippen MR) is 127 cm³/mol. The number of hydrogen-bond donors (Lipinski definition) is 0. The van der Waals surface area contributed by atoms with Crippen molar-refractivity contribution >= 4 is 46.4 Å². The Hall–Kier alpha value is -1.82. The van der Waals surface area contributed by atoms with Crippen molar-refractivity contribution in [1.29, 1.82) is 0 Å². The molecule has 1 aromatic carbocycles. The van der Waals surface area contributed by atoms with Crippen molar-refractivity contribution in [2.24, 2.45) is 5.92 Å². The van der Waals surface area contributed by atoms with Gasteiger partial charge >= 0.3 is 0 Å². The fourth-order valence-corrected chi connectivity index (χ4v) is 6.13. The van der Waals surface area contributed by atoms with Crippen molar-refractivity contribution in [3.8, 4) is 0 Å². The van der Waals surface area contributed by atoms with E-state index in [1.54, 1.807) is 34.4 Å². The number of benzene rings is 1. The quantitative estimate of drug-likeness (QED) is 0.499. The van der Waals surface area contributed by atoms with Crippen molar-refractivity contribution in [3.05, 3.63) is 68.3 Å². The molecule has 2 heterocycles. The van der Waals surface area contributed by atoms with Crippen LogP contribution in [0.5, 0.6) is 0 Å². The fraction of sp³-hybridized carbons (Fsp3) is 0.417. The summed E-state index contributed by atoms with van der Waals surface area (Å²) in [4.78, 5) is 31.3. The van der Waals surface area contributed by atoms with Gasteiger partial charge in [-0.15, -0.1) is 17.9 Å². The van der Waals surface area contributed by atoms with Crippen molar-refractivity contribution in [1.82, 2.24) is 9.80 Å². The molecule has 1 aliphatic heterocycles. The Balaban J connectivity index is 1.62. The third-order valence-corrected chi connectivity index (χ3v) is 7.79. The summed E-state index contributed by atoms with van der Waals surface area (Å²) in [5.41, 5.74) is 1.96. The minimum Gasteiger partial charge on any atom is -0.330 e. The van der Waals surface area contributed by atoms with Gasteiger partial charge in [0.1, 0.15) is 6.54 Å². The summed E-state index contributed by atoms with van der Waals surface area (Å²) in [6.07, 6.45) is 6.48. The van der Waals surface area contributed by atoms with E-state index in [0.717, 1.165) is 43.2 Å². The summed E-state index contributed by atoms with van der Waals surface area (Å²) < 4.78 is 0. The lowest BCUT2D eigenvalue weighted by molar-refractivity contribution is -0.143. The zero-order valence-electron chi connectivity index (χ0n) is 17.4. The highest BCUT2D eigenvalue weighted by Crippen LogP contribution is 2.41. The van der Waals surface area contributed by atoms with Crippen LogP contribution in [0.25, 0.3) is 0 Å². The van der Waals surface area contributed by atoms with Gasteiger partial charge in [0.15, 0.2) is 0 Å². The van der Waals surface area contributed by atoms with Crippen LogP contribution in [0, 0.1) is 5.92 Å². The Labute approximate surface area is 197 Å². The lowest BCUT2D eigenvalue weighted by atomic mass is 9.93. The SMILES string of the molecule is C=CCN(CC(=O)N1CCc2sccc2C1c1ccc(Cl)cc1Cl)C(=O)C1CCCC1. The third-order valence-electron chi connectivity index (χ3n) is 6.24. The third kappa shape index (κ3) is 4.69. The molecule has 1 atom stereocenters. The number of carbonyl (C=O) groups is 2. The average molecular weight is 477 g/mol. The first-order valence-corrected chi connectivity index (χ1v) is 12.3. The largest absolute Gasteiger partial charge is 0.330 e. The molecule has 1 fully saturated rings. The summed E-state index contributed by atoms with van der Waals surface area (Å²) in [6.45, 7) is 4.82. The van der Waals surface area contributed by atoms with Crippen LogP contribution in [0.1, 0.15) is 47.7 Å². The fourth-order valence-electron chi connectivity index (χ4n) is 4.72. The maximum atomic E-state index is 13.5. The molecule has 0 radical (unpaired) electrons. The Morgan fingerprint density at radius 2 is 1.97 bits per heavy atom. The van der Waals surface area contributed by atoms with Gasteiger partial charge in [-0.25, -0.2) is 0 Å². The Kier molecular flexibility index (Phi) is 7.05. The average Bonchev–Trinajstić information content (AvgIpc) is 3.44. The number of carbonyl (C=O) groups excluding carboxylic acids is 2. The van der Waals surface area contributed by atoms with E-state index < -0.39 is 0 Å². The molecule has 31 heavy (non-hydrogen) atoms. The van der Waals surface area contributed by atoms with Crippen LogP contribution in [0.3, 0.4) is 0 Å². The van der Waals surface area contributed by atoms with Gasteiger partial charge in [-0.2, -0.15) is 0 Å². The van der Waals surface area contributed by atoms with Crippen LogP contribution in [-0.2, 0) is 16.0 Å². The Morgan fingerprint density at radius 1 is 1.19 bits per heavy atom. The number of amides is 2. The molecule has 1 unspecified atom stereocenters. The van der Waals surface area contributed by atoms with E-state index in [4.69, 9.17) is 23.2 Å². The van der Waals surface area contributed by atoms with Gasteiger partial charge in [0.05, 0.1) is 6.04 Å². The topological polar surface area (TPSA) is 40.6 Å². The highest BCUT2D eigenvalue weighted by molar-refractivity contribution is 7.10. The van der Waals surface area contributed by atoms with Crippen molar-refractivity contribution in [2.45, 2.75) is 38.1 Å². The van der Waals surface area contributed by atoms with Gasteiger partial charge < -0.3 is 9.80 Å².